The van der Waals surface area contributed by atoms with E-state index in [-0.39, 0.29) is 0 Å². The van der Waals surface area contributed by atoms with Crippen molar-refractivity contribution in [3.63, 3.8) is 0 Å². The molecule has 2 nitrogen and oxygen atoms in total. The minimum Gasteiger partial charge on any atom is -0.251 e. The van der Waals surface area contributed by atoms with Crippen molar-refractivity contribution in [3.8, 4) is 0 Å². The van der Waals surface area contributed by atoms with E-state index in [0.29, 0.717) is 5.15 Å². The van der Waals surface area contributed by atoms with Crippen LogP contribution in [0.3, 0.4) is 0 Å². The summed E-state index contributed by atoms with van der Waals surface area (Å²) in [5.41, 5.74) is 3.03. The molecule has 0 radical (unpaired) electrons. The minimum atomic E-state index is 0.441. The molecule has 0 saturated heterocycles. The van der Waals surface area contributed by atoms with E-state index >= 15 is 0 Å². The number of fused-ring (bicyclic) bond motifs is 1. The van der Waals surface area contributed by atoms with Crippen LogP contribution in [0.25, 0.3) is 11.0 Å². The van der Waals surface area contributed by atoms with Crippen LogP contribution < -0.4 is 0 Å². The van der Waals surface area contributed by atoms with Gasteiger partial charge in [0.05, 0.1) is 17.2 Å². The van der Waals surface area contributed by atoms with Crippen molar-refractivity contribution in [1.82, 2.24) is 9.97 Å². The smallest absolute Gasteiger partial charge is 0.148 e. The number of rotatable bonds is 1. The minimum absolute atomic E-state index is 0.441. The van der Waals surface area contributed by atoms with Crippen LogP contribution in [-0.2, 0) is 6.42 Å². The maximum absolute atomic E-state index is 5.72. The van der Waals surface area contributed by atoms with E-state index in [1.165, 1.54) is 5.56 Å². The maximum Gasteiger partial charge on any atom is 0.148 e. The fraction of sp³-hybridized carbons (Fsp3) is 0.200. The fourth-order valence-electron chi connectivity index (χ4n) is 1.25. The molecule has 13 heavy (non-hydrogen) atoms. The lowest BCUT2D eigenvalue weighted by Crippen LogP contribution is -1.86. The second kappa shape index (κ2) is 3.30. The average Bonchev–Trinajstić information content (AvgIpc) is 2.17. The Kier molecular flexibility index (Phi) is 2.15. The van der Waals surface area contributed by atoms with Crippen LogP contribution in [0.4, 0.5) is 0 Å². The highest BCUT2D eigenvalue weighted by Gasteiger charge is 1.98. The van der Waals surface area contributed by atoms with Crippen molar-refractivity contribution in [1.29, 1.82) is 0 Å². The van der Waals surface area contributed by atoms with Crippen molar-refractivity contribution in [2.24, 2.45) is 0 Å². The molecule has 0 fully saturated rings. The molecule has 0 spiro atoms. The molecule has 0 aliphatic heterocycles. The second-order valence-electron chi connectivity index (χ2n) is 2.87. The fourth-order valence-corrected chi connectivity index (χ4v) is 1.39. The molecule has 2 rings (SSSR count). The van der Waals surface area contributed by atoms with Gasteiger partial charge >= 0.3 is 0 Å². The van der Waals surface area contributed by atoms with Crippen molar-refractivity contribution in [2.45, 2.75) is 13.3 Å². The number of nitrogens with zero attached hydrogens (tertiary/aromatic N) is 2. The maximum atomic E-state index is 5.72. The predicted molar refractivity (Wildman–Crippen MR) is 53.9 cm³/mol. The van der Waals surface area contributed by atoms with Gasteiger partial charge in [0.25, 0.3) is 0 Å². The van der Waals surface area contributed by atoms with Gasteiger partial charge in [0.1, 0.15) is 5.15 Å². The number of hydrogen-bond donors (Lipinski definition) is 0. The molecule has 0 bridgehead atoms. The molecular weight excluding hydrogens is 184 g/mol. The topological polar surface area (TPSA) is 25.8 Å². The molecule has 1 aromatic carbocycles. The van der Waals surface area contributed by atoms with Crippen LogP contribution in [0.2, 0.25) is 5.15 Å². The largest absolute Gasteiger partial charge is 0.251 e. The summed E-state index contributed by atoms with van der Waals surface area (Å²) in [4.78, 5) is 8.35. The first-order chi connectivity index (χ1) is 6.29. The number of benzene rings is 1. The summed E-state index contributed by atoms with van der Waals surface area (Å²) >= 11 is 5.72. The lowest BCUT2D eigenvalue weighted by Gasteiger charge is -1.99. The predicted octanol–water partition coefficient (Wildman–Crippen LogP) is 2.85. The Balaban J connectivity index is 2.66. The molecule has 66 valence electrons. The third kappa shape index (κ3) is 1.63. The third-order valence-corrected chi connectivity index (χ3v) is 2.17. The molecule has 0 N–H and O–H groups in total. The van der Waals surface area contributed by atoms with Gasteiger partial charge in [-0.1, -0.05) is 24.6 Å². The van der Waals surface area contributed by atoms with E-state index in [1.807, 2.05) is 18.2 Å². The highest BCUT2D eigenvalue weighted by Crippen LogP contribution is 2.14. The van der Waals surface area contributed by atoms with Crippen molar-refractivity contribution in [2.75, 3.05) is 0 Å². The van der Waals surface area contributed by atoms with Gasteiger partial charge in [0, 0.05) is 0 Å². The monoisotopic (exact) mass is 192 g/mol. The molecule has 1 heterocycles. The highest BCUT2D eigenvalue weighted by molar-refractivity contribution is 6.29. The van der Waals surface area contributed by atoms with Gasteiger partial charge in [-0.25, -0.2) is 4.98 Å². The zero-order valence-corrected chi connectivity index (χ0v) is 8.04. The zero-order chi connectivity index (χ0) is 9.26. The summed E-state index contributed by atoms with van der Waals surface area (Å²) in [5, 5.41) is 0.441. The van der Waals surface area contributed by atoms with E-state index < -0.39 is 0 Å². The number of hydrogen-bond acceptors (Lipinski definition) is 2. The average molecular weight is 193 g/mol. The molecule has 0 aliphatic carbocycles. The normalized spacial score (nSPS) is 10.6. The summed E-state index contributed by atoms with van der Waals surface area (Å²) in [6, 6.07) is 6.04. The zero-order valence-electron chi connectivity index (χ0n) is 7.29. The molecule has 0 saturated carbocycles. The Labute approximate surface area is 81.6 Å². The van der Waals surface area contributed by atoms with E-state index in [9.17, 15) is 0 Å². The van der Waals surface area contributed by atoms with Crippen LogP contribution in [0.5, 0.6) is 0 Å². The van der Waals surface area contributed by atoms with Gasteiger partial charge in [0.15, 0.2) is 0 Å². The van der Waals surface area contributed by atoms with Crippen LogP contribution in [-0.4, -0.2) is 9.97 Å². The van der Waals surface area contributed by atoms with E-state index in [4.69, 9.17) is 11.6 Å². The van der Waals surface area contributed by atoms with Crippen molar-refractivity contribution in [3.05, 3.63) is 35.1 Å². The Hall–Kier alpha value is -1.15. The Morgan fingerprint density at radius 3 is 2.92 bits per heavy atom. The lowest BCUT2D eigenvalue weighted by molar-refractivity contribution is 1.14. The summed E-state index contributed by atoms with van der Waals surface area (Å²) in [5.74, 6) is 0. The van der Waals surface area contributed by atoms with Crippen LogP contribution in [0.1, 0.15) is 12.5 Å². The van der Waals surface area contributed by atoms with E-state index in [1.54, 1.807) is 6.20 Å². The SMILES string of the molecule is CCc1ccc2nc(Cl)cnc2c1. The quantitative estimate of drug-likeness (QED) is 0.695. The number of halogens is 1. The molecule has 0 unspecified atom stereocenters. The third-order valence-electron chi connectivity index (χ3n) is 1.99. The van der Waals surface area contributed by atoms with Gasteiger partial charge in [0.2, 0.25) is 0 Å². The first kappa shape index (κ1) is 8.45. The molecular formula is C10H9ClN2. The summed E-state index contributed by atoms with van der Waals surface area (Å²) < 4.78 is 0. The first-order valence-corrected chi connectivity index (χ1v) is 4.58. The van der Waals surface area contributed by atoms with Gasteiger partial charge < -0.3 is 0 Å². The van der Waals surface area contributed by atoms with E-state index in [2.05, 4.69) is 16.9 Å². The highest BCUT2D eigenvalue weighted by atomic mass is 35.5. The van der Waals surface area contributed by atoms with Crippen LogP contribution in [0.15, 0.2) is 24.4 Å². The first-order valence-electron chi connectivity index (χ1n) is 4.21. The summed E-state index contributed by atoms with van der Waals surface area (Å²) in [6.45, 7) is 2.12. The molecule has 0 atom stereocenters. The standard InChI is InChI=1S/C10H9ClN2/c1-2-7-3-4-8-9(5-7)12-6-10(11)13-8/h3-6H,2H2,1H3. The van der Waals surface area contributed by atoms with Crippen molar-refractivity contribution >= 4 is 22.6 Å². The van der Waals surface area contributed by atoms with Crippen LogP contribution in [0, 0.1) is 0 Å². The van der Waals surface area contributed by atoms with Crippen LogP contribution >= 0.6 is 11.6 Å². The van der Waals surface area contributed by atoms with Gasteiger partial charge in [-0.15, -0.1) is 0 Å². The van der Waals surface area contributed by atoms with E-state index in [0.717, 1.165) is 17.5 Å². The summed E-state index contributed by atoms with van der Waals surface area (Å²) in [6.07, 6.45) is 2.59. The molecule has 3 heteroatoms. The summed E-state index contributed by atoms with van der Waals surface area (Å²) in [7, 11) is 0. The second-order valence-corrected chi connectivity index (χ2v) is 3.26. The molecule has 2 aromatic rings. The van der Waals surface area contributed by atoms with Gasteiger partial charge in [-0.05, 0) is 24.1 Å². The number of aromatic nitrogens is 2. The number of aryl methyl sites for hydroxylation is 1. The molecule has 0 amide bonds. The Bertz CT molecular complexity index is 440. The lowest BCUT2D eigenvalue weighted by atomic mass is 10.1. The molecule has 0 aliphatic rings. The molecule has 1 aromatic heterocycles. The van der Waals surface area contributed by atoms with Crippen molar-refractivity contribution < 1.29 is 0 Å². The Morgan fingerprint density at radius 1 is 1.31 bits per heavy atom. The Morgan fingerprint density at radius 2 is 2.15 bits per heavy atom. The van der Waals surface area contributed by atoms with Gasteiger partial charge in [-0.2, -0.15) is 0 Å². The van der Waals surface area contributed by atoms with Gasteiger partial charge in [-0.3, -0.25) is 4.98 Å².